The van der Waals surface area contributed by atoms with E-state index >= 15 is 0 Å². The van der Waals surface area contributed by atoms with Gasteiger partial charge in [0.2, 0.25) is 0 Å². The van der Waals surface area contributed by atoms with Gasteiger partial charge in [-0.15, -0.1) is 0 Å². The Morgan fingerprint density at radius 3 is 1.81 bits per heavy atom. The van der Waals surface area contributed by atoms with E-state index in [0.29, 0.717) is 5.92 Å². The van der Waals surface area contributed by atoms with E-state index in [1.807, 2.05) is 0 Å². The summed E-state index contributed by atoms with van der Waals surface area (Å²) < 4.78 is 6.25. The molecule has 21 heavy (non-hydrogen) atoms. The van der Waals surface area contributed by atoms with Gasteiger partial charge in [0, 0.05) is 11.5 Å². The third kappa shape index (κ3) is 2.29. The van der Waals surface area contributed by atoms with Crippen molar-refractivity contribution in [1.29, 1.82) is 0 Å². The third-order valence-electron chi connectivity index (χ3n) is 4.31. The Hall–Kier alpha value is -2.28. The summed E-state index contributed by atoms with van der Waals surface area (Å²) in [6.45, 7) is 0. The zero-order chi connectivity index (χ0) is 14.1. The van der Waals surface area contributed by atoms with E-state index in [4.69, 9.17) is 4.74 Å². The number of hydrogen-bond donors (Lipinski definition) is 0. The van der Waals surface area contributed by atoms with E-state index in [2.05, 4.69) is 72.8 Å². The van der Waals surface area contributed by atoms with Crippen LogP contribution >= 0.6 is 0 Å². The van der Waals surface area contributed by atoms with Crippen molar-refractivity contribution in [2.45, 2.75) is 18.9 Å². The minimum atomic E-state index is 0.257. The lowest BCUT2D eigenvalue weighted by molar-refractivity contribution is 0.0780. The molecular weight excluding hydrogens is 256 g/mol. The second-order valence-electron chi connectivity index (χ2n) is 5.70. The van der Waals surface area contributed by atoms with Crippen molar-refractivity contribution in [3.05, 3.63) is 89.7 Å². The smallest absolute Gasteiger partial charge is 0.116 e. The van der Waals surface area contributed by atoms with Gasteiger partial charge in [-0.3, -0.25) is 0 Å². The Morgan fingerprint density at radius 1 is 0.762 bits per heavy atom. The van der Waals surface area contributed by atoms with Crippen molar-refractivity contribution in [2.75, 3.05) is 0 Å². The van der Waals surface area contributed by atoms with Crippen LogP contribution in [0.5, 0.6) is 0 Å². The van der Waals surface area contributed by atoms with Crippen LogP contribution in [0.1, 0.15) is 24.0 Å². The van der Waals surface area contributed by atoms with Gasteiger partial charge in [-0.1, -0.05) is 66.7 Å². The van der Waals surface area contributed by atoms with Gasteiger partial charge in [-0.2, -0.15) is 0 Å². The van der Waals surface area contributed by atoms with Crippen LogP contribution in [0.25, 0.3) is 5.57 Å². The lowest BCUT2D eigenvalue weighted by Gasteiger charge is -2.35. The van der Waals surface area contributed by atoms with E-state index in [1.165, 1.54) is 23.1 Å². The molecule has 2 aromatic rings. The highest BCUT2D eigenvalue weighted by atomic mass is 16.5. The Balaban J connectivity index is 1.91. The first kappa shape index (κ1) is 12.5. The summed E-state index contributed by atoms with van der Waals surface area (Å²) >= 11 is 0. The maximum atomic E-state index is 6.25. The molecule has 1 aliphatic carbocycles. The van der Waals surface area contributed by atoms with Crippen LogP contribution in [0, 0.1) is 5.92 Å². The first-order valence-corrected chi connectivity index (χ1v) is 7.62. The predicted octanol–water partition coefficient (Wildman–Crippen LogP) is 4.81. The van der Waals surface area contributed by atoms with Gasteiger partial charge in [-0.05, 0) is 30.0 Å². The second-order valence-corrected chi connectivity index (χ2v) is 5.70. The van der Waals surface area contributed by atoms with Gasteiger partial charge in [0.1, 0.15) is 11.9 Å². The topological polar surface area (TPSA) is 9.23 Å². The summed E-state index contributed by atoms with van der Waals surface area (Å²) in [4.78, 5) is 0. The van der Waals surface area contributed by atoms with Crippen molar-refractivity contribution in [3.8, 4) is 0 Å². The molecule has 1 fully saturated rings. The summed E-state index contributed by atoms with van der Waals surface area (Å²) in [6, 6.07) is 21.2. The maximum absolute atomic E-state index is 6.25. The van der Waals surface area contributed by atoms with Gasteiger partial charge in [-0.25, -0.2) is 0 Å². The molecule has 0 saturated carbocycles. The fourth-order valence-electron chi connectivity index (χ4n) is 3.27. The van der Waals surface area contributed by atoms with Crippen molar-refractivity contribution >= 4 is 5.57 Å². The molecule has 3 aliphatic rings. The molecule has 1 nitrogen and oxygen atoms in total. The molecule has 2 bridgehead atoms. The van der Waals surface area contributed by atoms with Crippen LogP contribution in [-0.4, -0.2) is 6.10 Å². The van der Waals surface area contributed by atoms with Crippen LogP contribution in [0.15, 0.2) is 78.6 Å². The van der Waals surface area contributed by atoms with E-state index in [1.54, 1.807) is 0 Å². The summed E-state index contributed by atoms with van der Waals surface area (Å²) in [6.07, 6.45) is 7.12. The Kier molecular flexibility index (Phi) is 3.11. The number of hydrogen-bond acceptors (Lipinski definition) is 1. The molecule has 2 heterocycles. The predicted molar refractivity (Wildman–Crippen MR) is 85.6 cm³/mol. The van der Waals surface area contributed by atoms with Gasteiger partial charge in [0.25, 0.3) is 0 Å². The highest BCUT2D eigenvalue weighted by Crippen LogP contribution is 2.41. The number of rotatable bonds is 2. The Bertz CT molecular complexity index is 641. The average molecular weight is 274 g/mol. The molecule has 0 N–H and O–H groups in total. The van der Waals surface area contributed by atoms with E-state index in [-0.39, 0.29) is 6.10 Å². The number of ether oxygens (including phenoxy) is 1. The zero-order valence-corrected chi connectivity index (χ0v) is 11.9. The lowest BCUT2D eigenvalue weighted by Crippen LogP contribution is -2.27. The van der Waals surface area contributed by atoms with Crippen LogP contribution in [0.4, 0.5) is 0 Å². The van der Waals surface area contributed by atoms with E-state index in [9.17, 15) is 0 Å². The molecule has 0 spiro atoms. The Labute approximate surface area is 125 Å². The second kappa shape index (κ2) is 5.25. The first-order valence-electron chi connectivity index (χ1n) is 7.62. The fourth-order valence-corrected chi connectivity index (χ4v) is 3.27. The maximum Gasteiger partial charge on any atom is 0.116 e. The summed E-state index contributed by atoms with van der Waals surface area (Å²) in [5.41, 5.74) is 3.72. The largest absolute Gasteiger partial charge is 0.489 e. The van der Waals surface area contributed by atoms with Crippen molar-refractivity contribution in [1.82, 2.24) is 0 Å². The Morgan fingerprint density at radius 2 is 1.38 bits per heavy atom. The van der Waals surface area contributed by atoms with Crippen molar-refractivity contribution < 1.29 is 4.74 Å². The molecule has 0 unspecified atom stereocenters. The highest BCUT2D eigenvalue weighted by Gasteiger charge is 2.31. The standard InChI is InChI=1S/C20H18O/c1-3-7-15(8-4-1)19(16-9-5-2-6-10-16)20-17-11-13-18(21-20)14-12-17/h1-11,13,17-18H,12,14H2/t17-,18+/m0/s1. The first-order chi connectivity index (χ1) is 10.4. The van der Waals surface area contributed by atoms with Gasteiger partial charge in [0.15, 0.2) is 0 Å². The molecule has 0 aromatic heterocycles. The lowest BCUT2D eigenvalue weighted by atomic mass is 9.84. The normalized spacial score (nSPS) is 23.0. The minimum Gasteiger partial charge on any atom is -0.489 e. The average Bonchev–Trinajstić information content (AvgIpc) is 2.58. The summed E-state index contributed by atoms with van der Waals surface area (Å²) in [5, 5.41) is 0. The van der Waals surface area contributed by atoms with Crippen molar-refractivity contribution in [3.63, 3.8) is 0 Å². The van der Waals surface area contributed by atoms with Crippen LogP contribution in [0.3, 0.4) is 0 Å². The number of allylic oxidation sites excluding steroid dienone is 1. The van der Waals surface area contributed by atoms with Crippen LogP contribution < -0.4 is 0 Å². The molecule has 1 heteroatoms. The zero-order valence-electron chi connectivity index (χ0n) is 11.9. The molecule has 5 rings (SSSR count). The molecular formula is C20H18O. The summed E-state index contributed by atoms with van der Waals surface area (Å²) in [5.74, 6) is 1.57. The quantitative estimate of drug-likeness (QED) is 0.714. The van der Waals surface area contributed by atoms with E-state index < -0.39 is 0 Å². The number of benzene rings is 2. The third-order valence-corrected chi connectivity index (χ3v) is 4.31. The van der Waals surface area contributed by atoms with Crippen LogP contribution in [-0.2, 0) is 4.74 Å². The fraction of sp³-hybridized carbons (Fsp3) is 0.200. The molecule has 0 amide bonds. The molecule has 0 radical (unpaired) electrons. The number of fused-ring (bicyclic) bond motifs is 2. The van der Waals surface area contributed by atoms with Gasteiger partial charge >= 0.3 is 0 Å². The monoisotopic (exact) mass is 274 g/mol. The minimum absolute atomic E-state index is 0.257. The van der Waals surface area contributed by atoms with Gasteiger partial charge < -0.3 is 4.74 Å². The van der Waals surface area contributed by atoms with Crippen LogP contribution in [0.2, 0.25) is 0 Å². The summed E-state index contributed by atoms with van der Waals surface area (Å²) in [7, 11) is 0. The molecule has 2 atom stereocenters. The molecule has 2 aromatic carbocycles. The van der Waals surface area contributed by atoms with Crippen molar-refractivity contribution in [2.24, 2.45) is 5.92 Å². The molecule has 2 aliphatic heterocycles. The van der Waals surface area contributed by atoms with E-state index in [0.717, 1.165) is 12.2 Å². The molecule has 104 valence electrons. The SMILES string of the molecule is C1=C[C@H]2CC[C@@H]1OC2=C(c1ccccc1)c1ccccc1. The highest BCUT2D eigenvalue weighted by molar-refractivity contribution is 5.81. The van der Waals surface area contributed by atoms with Gasteiger partial charge in [0.05, 0.1) is 0 Å². The molecule has 1 saturated heterocycles.